The van der Waals surface area contributed by atoms with E-state index < -0.39 is 6.10 Å². The van der Waals surface area contributed by atoms with Crippen molar-refractivity contribution < 1.29 is 14.3 Å². The summed E-state index contributed by atoms with van der Waals surface area (Å²) in [4.78, 5) is 28.3. The van der Waals surface area contributed by atoms with E-state index in [0.29, 0.717) is 18.0 Å². The Labute approximate surface area is 158 Å². The molecule has 1 heterocycles. The van der Waals surface area contributed by atoms with Crippen molar-refractivity contribution in [1.82, 2.24) is 4.90 Å². The molecule has 6 nitrogen and oxygen atoms in total. The van der Waals surface area contributed by atoms with Crippen LogP contribution in [-0.2, 0) is 16.1 Å². The molecular weight excluding hydrogens is 342 g/mol. The van der Waals surface area contributed by atoms with Gasteiger partial charge in [-0.1, -0.05) is 42.5 Å². The molecule has 0 radical (unpaired) electrons. The molecular formula is C21H21N3O3. The van der Waals surface area contributed by atoms with Gasteiger partial charge >= 0.3 is 0 Å². The summed E-state index contributed by atoms with van der Waals surface area (Å²) in [6.45, 7) is 2.33. The minimum absolute atomic E-state index is 0.0117. The van der Waals surface area contributed by atoms with Crippen molar-refractivity contribution in [3.05, 3.63) is 60.2 Å². The van der Waals surface area contributed by atoms with Gasteiger partial charge in [0.15, 0.2) is 6.10 Å². The van der Waals surface area contributed by atoms with E-state index in [1.54, 1.807) is 17.9 Å². The van der Waals surface area contributed by atoms with Gasteiger partial charge in [0.25, 0.3) is 5.91 Å². The van der Waals surface area contributed by atoms with Gasteiger partial charge in [0.2, 0.25) is 5.91 Å². The fourth-order valence-electron chi connectivity index (χ4n) is 3.08. The van der Waals surface area contributed by atoms with Crippen molar-refractivity contribution in [2.45, 2.75) is 26.0 Å². The molecule has 0 saturated heterocycles. The first-order chi connectivity index (χ1) is 13.1. The zero-order valence-corrected chi connectivity index (χ0v) is 15.2. The minimum Gasteiger partial charge on any atom is -0.479 e. The number of anilines is 1. The molecule has 0 aliphatic carbocycles. The topological polar surface area (TPSA) is 73.6 Å². The van der Waals surface area contributed by atoms with Gasteiger partial charge in [-0.2, -0.15) is 5.26 Å². The third-order valence-electron chi connectivity index (χ3n) is 4.45. The summed E-state index contributed by atoms with van der Waals surface area (Å²) >= 11 is 0. The number of hydrogen-bond donors (Lipinski definition) is 0. The first kappa shape index (κ1) is 18.5. The molecule has 0 bridgehead atoms. The number of nitriles is 1. The van der Waals surface area contributed by atoms with E-state index in [-0.39, 0.29) is 31.3 Å². The Morgan fingerprint density at radius 3 is 2.63 bits per heavy atom. The van der Waals surface area contributed by atoms with E-state index in [9.17, 15) is 9.59 Å². The Hall–Kier alpha value is -3.33. The number of fused-ring (bicyclic) bond motifs is 1. The second kappa shape index (κ2) is 8.37. The van der Waals surface area contributed by atoms with Gasteiger partial charge in [-0.05, 0) is 24.6 Å². The number of hydrogen-bond acceptors (Lipinski definition) is 4. The van der Waals surface area contributed by atoms with Crippen LogP contribution in [0.3, 0.4) is 0 Å². The molecule has 2 aromatic rings. The first-order valence-electron chi connectivity index (χ1n) is 8.86. The zero-order chi connectivity index (χ0) is 19.2. The Bertz CT molecular complexity index is 860. The Morgan fingerprint density at radius 1 is 1.19 bits per heavy atom. The van der Waals surface area contributed by atoms with Crippen LogP contribution >= 0.6 is 0 Å². The molecule has 0 aromatic heterocycles. The minimum atomic E-state index is -0.588. The molecule has 2 amide bonds. The predicted octanol–water partition coefficient (Wildman–Crippen LogP) is 2.74. The third kappa shape index (κ3) is 4.26. The van der Waals surface area contributed by atoms with E-state index >= 15 is 0 Å². The fraction of sp³-hybridized carbons (Fsp3) is 0.286. The summed E-state index contributed by atoms with van der Waals surface area (Å²) in [5.41, 5.74) is 1.63. The first-order valence-corrected chi connectivity index (χ1v) is 8.86. The molecule has 138 valence electrons. The summed E-state index contributed by atoms with van der Waals surface area (Å²) < 4.78 is 5.62. The van der Waals surface area contributed by atoms with Crippen LogP contribution in [0.1, 0.15) is 18.9 Å². The standard InChI is InChI=1S/C21H21N3O3/c1-16-21(26)24(18-9-5-6-10-19(18)27-16)13-11-20(25)23(14-12-22)15-17-7-3-2-4-8-17/h2-10,16H,11,13-15H2,1H3/t16-/m1/s1. The highest BCUT2D eigenvalue weighted by molar-refractivity contribution is 6.00. The smallest absolute Gasteiger partial charge is 0.267 e. The average Bonchev–Trinajstić information content (AvgIpc) is 2.68. The second-order valence-electron chi connectivity index (χ2n) is 6.36. The molecule has 0 saturated carbocycles. The second-order valence-corrected chi connectivity index (χ2v) is 6.36. The van der Waals surface area contributed by atoms with E-state index in [0.717, 1.165) is 5.56 Å². The maximum atomic E-state index is 12.7. The number of carbonyl (C=O) groups is 2. The number of para-hydroxylation sites is 2. The van der Waals surface area contributed by atoms with Gasteiger partial charge < -0.3 is 14.5 Å². The van der Waals surface area contributed by atoms with Crippen molar-refractivity contribution in [1.29, 1.82) is 5.26 Å². The average molecular weight is 363 g/mol. The molecule has 0 fully saturated rings. The van der Waals surface area contributed by atoms with Crippen molar-refractivity contribution in [3.8, 4) is 11.8 Å². The molecule has 0 spiro atoms. The Morgan fingerprint density at radius 2 is 1.89 bits per heavy atom. The van der Waals surface area contributed by atoms with Crippen LogP contribution in [-0.4, -0.2) is 35.9 Å². The van der Waals surface area contributed by atoms with E-state index in [2.05, 4.69) is 0 Å². The van der Waals surface area contributed by atoms with Gasteiger partial charge in [0.1, 0.15) is 12.3 Å². The maximum Gasteiger partial charge on any atom is 0.267 e. The van der Waals surface area contributed by atoms with Crippen LogP contribution in [0.4, 0.5) is 5.69 Å². The van der Waals surface area contributed by atoms with Crippen molar-refractivity contribution >= 4 is 17.5 Å². The number of benzene rings is 2. The molecule has 27 heavy (non-hydrogen) atoms. The SMILES string of the molecule is C[C@H]1Oc2ccccc2N(CCC(=O)N(CC#N)Cc2ccccc2)C1=O. The van der Waals surface area contributed by atoms with E-state index in [1.165, 1.54) is 4.90 Å². The number of nitrogens with zero attached hydrogens (tertiary/aromatic N) is 3. The highest BCUT2D eigenvalue weighted by Crippen LogP contribution is 2.33. The summed E-state index contributed by atoms with van der Waals surface area (Å²) in [6.07, 6.45) is -0.448. The van der Waals surface area contributed by atoms with Crippen LogP contribution in [0.25, 0.3) is 0 Å². The summed E-state index contributed by atoms with van der Waals surface area (Å²) in [6, 6.07) is 18.9. The molecule has 2 aromatic carbocycles. The molecule has 1 aliphatic rings. The largest absolute Gasteiger partial charge is 0.479 e. The van der Waals surface area contributed by atoms with E-state index in [1.807, 2.05) is 54.6 Å². The van der Waals surface area contributed by atoms with Crippen LogP contribution in [0.2, 0.25) is 0 Å². The van der Waals surface area contributed by atoms with Crippen molar-refractivity contribution in [3.63, 3.8) is 0 Å². The Balaban J connectivity index is 1.70. The molecule has 1 atom stereocenters. The van der Waals surface area contributed by atoms with Crippen LogP contribution < -0.4 is 9.64 Å². The van der Waals surface area contributed by atoms with Gasteiger partial charge in [0, 0.05) is 19.5 Å². The normalized spacial score (nSPS) is 15.5. The quantitative estimate of drug-likeness (QED) is 0.740. The molecule has 6 heteroatoms. The molecule has 0 N–H and O–H groups in total. The molecule has 0 unspecified atom stereocenters. The fourth-order valence-corrected chi connectivity index (χ4v) is 3.08. The maximum absolute atomic E-state index is 12.7. The monoisotopic (exact) mass is 363 g/mol. The number of carbonyl (C=O) groups excluding carboxylic acids is 2. The van der Waals surface area contributed by atoms with Gasteiger partial charge in [-0.3, -0.25) is 9.59 Å². The Kier molecular flexibility index (Phi) is 5.72. The number of rotatable bonds is 6. The van der Waals surface area contributed by atoms with Crippen LogP contribution in [0, 0.1) is 11.3 Å². The number of ether oxygens (including phenoxy) is 1. The highest BCUT2D eigenvalue weighted by atomic mass is 16.5. The third-order valence-corrected chi connectivity index (χ3v) is 4.45. The van der Waals surface area contributed by atoms with Crippen molar-refractivity contribution in [2.24, 2.45) is 0 Å². The lowest BCUT2D eigenvalue weighted by molar-refractivity contribution is -0.131. The van der Waals surface area contributed by atoms with Crippen LogP contribution in [0.15, 0.2) is 54.6 Å². The van der Waals surface area contributed by atoms with Gasteiger partial charge in [0.05, 0.1) is 11.8 Å². The number of amides is 2. The lowest BCUT2D eigenvalue weighted by Gasteiger charge is -2.33. The predicted molar refractivity (Wildman–Crippen MR) is 101 cm³/mol. The highest BCUT2D eigenvalue weighted by Gasteiger charge is 2.31. The van der Waals surface area contributed by atoms with Crippen molar-refractivity contribution in [2.75, 3.05) is 18.0 Å². The summed E-state index contributed by atoms with van der Waals surface area (Å²) in [7, 11) is 0. The lowest BCUT2D eigenvalue weighted by atomic mass is 10.1. The lowest BCUT2D eigenvalue weighted by Crippen LogP contribution is -2.46. The zero-order valence-electron chi connectivity index (χ0n) is 15.2. The van der Waals surface area contributed by atoms with Gasteiger partial charge in [-0.15, -0.1) is 0 Å². The molecule has 3 rings (SSSR count). The summed E-state index contributed by atoms with van der Waals surface area (Å²) in [5, 5.41) is 9.06. The summed E-state index contributed by atoms with van der Waals surface area (Å²) in [5.74, 6) is 0.302. The van der Waals surface area contributed by atoms with Crippen LogP contribution in [0.5, 0.6) is 5.75 Å². The van der Waals surface area contributed by atoms with Gasteiger partial charge in [-0.25, -0.2) is 0 Å². The molecule has 1 aliphatic heterocycles. The van der Waals surface area contributed by atoms with E-state index in [4.69, 9.17) is 10.00 Å².